The molecule has 0 saturated carbocycles. The largest absolute Gasteiger partial charge is 0.393 e. The van der Waals surface area contributed by atoms with Gasteiger partial charge in [0, 0.05) is 24.7 Å². The van der Waals surface area contributed by atoms with Gasteiger partial charge in [0.05, 0.1) is 11.2 Å². The fraction of sp³-hybridized carbons (Fsp3) is 0.300. The summed E-state index contributed by atoms with van der Waals surface area (Å²) >= 11 is 0. The van der Waals surface area contributed by atoms with Gasteiger partial charge >= 0.3 is 0 Å². The SMILES string of the molecule is CS(=O)(=O)NCCNC(=O)c1ccc(N)c([N+](=O)[O-])c1. The van der Waals surface area contributed by atoms with Gasteiger partial charge in [-0.15, -0.1) is 0 Å². The number of nitrogens with zero attached hydrogens (tertiary/aromatic N) is 1. The third kappa shape index (κ3) is 4.82. The number of hydrogen-bond donors (Lipinski definition) is 3. The zero-order valence-corrected chi connectivity index (χ0v) is 11.4. The maximum absolute atomic E-state index is 11.7. The molecule has 4 N–H and O–H groups in total. The van der Waals surface area contributed by atoms with Crippen molar-refractivity contribution in [3.8, 4) is 0 Å². The molecule has 0 fully saturated rings. The van der Waals surface area contributed by atoms with Crippen LogP contribution in [0.5, 0.6) is 0 Å². The molecule has 20 heavy (non-hydrogen) atoms. The van der Waals surface area contributed by atoms with Crippen molar-refractivity contribution in [2.24, 2.45) is 0 Å². The zero-order chi connectivity index (χ0) is 15.3. The number of nitrogens with two attached hydrogens (primary N) is 1. The number of nitro benzene ring substituents is 1. The summed E-state index contributed by atoms with van der Waals surface area (Å²) in [5.41, 5.74) is 5.09. The van der Waals surface area contributed by atoms with Crippen LogP contribution in [-0.2, 0) is 10.0 Å². The van der Waals surface area contributed by atoms with E-state index in [-0.39, 0.29) is 30.0 Å². The minimum atomic E-state index is -3.32. The van der Waals surface area contributed by atoms with E-state index in [1.165, 1.54) is 12.1 Å². The van der Waals surface area contributed by atoms with Gasteiger partial charge in [-0.05, 0) is 12.1 Å². The van der Waals surface area contributed by atoms with E-state index in [0.29, 0.717) is 0 Å². The molecule has 0 radical (unpaired) electrons. The molecular weight excluding hydrogens is 288 g/mol. The Bertz CT molecular complexity index is 629. The number of nitro groups is 1. The van der Waals surface area contributed by atoms with Crippen LogP contribution in [0, 0.1) is 10.1 Å². The van der Waals surface area contributed by atoms with Crippen LogP contribution >= 0.6 is 0 Å². The van der Waals surface area contributed by atoms with Crippen molar-refractivity contribution in [2.75, 3.05) is 25.1 Å². The van der Waals surface area contributed by atoms with Crippen molar-refractivity contribution in [1.82, 2.24) is 10.0 Å². The van der Waals surface area contributed by atoms with Crippen LogP contribution in [0.25, 0.3) is 0 Å². The Labute approximate surface area is 115 Å². The van der Waals surface area contributed by atoms with Gasteiger partial charge in [-0.1, -0.05) is 0 Å². The van der Waals surface area contributed by atoms with E-state index >= 15 is 0 Å². The summed E-state index contributed by atoms with van der Waals surface area (Å²) in [7, 11) is -3.32. The van der Waals surface area contributed by atoms with Crippen LogP contribution in [0.1, 0.15) is 10.4 Å². The van der Waals surface area contributed by atoms with E-state index in [4.69, 9.17) is 5.73 Å². The fourth-order valence-electron chi connectivity index (χ4n) is 1.36. The number of anilines is 1. The molecular formula is C10H14N4O5S. The molecule has 0 bridgehead atoms. The molecule has 1 aromatic rings. The van der Waals surface area contributed by atoms with Gasteiger partial charge in [0.15, 0.2) is 0 Å². The molecule has 9 nitrogen and oxygen atoms in total. The maximum Gasteiger partial charge on any atom is 0.292 e. The summed E-state index contributed by atoms with van der Waals surface area (Å²) < 4.78 is 23.8. The summed E-state index contributed by atoms with van der Waals surface area (Å²) in [6, 6.07) is 3.68. The summed E-state index contributed by atoms with van der Waals surface area (Å²) in [6.45, 7) is 0.0890. The first-order valence-electron chi connectivity index (χ1n) is 5.47. The lowest BCUT2D eigenvalue weighted by Gasteiger charge is -2.06. The second-order valence-electron chi connectivity index (χ2n) is 3.95. The van der Waals surface area contributed by atoms with Gasteiger partial charge in [-0.25, -0.2) is 13.1 Å². The lowest BCUT2D eigenvalue weighted by Crippen LogP contribution is -2.34. The molecule has 1 amide bonds. The molecule has 0 aliphatic heterocycles. The number of rotatable bonds is 6. The molecule has 0 aromatic heterocycles. The lowest BCUT2D eigenvalue weighted by atomic mass is 10.1. The van der Waals surface area contributed by atoms with Crippen LogP contribution in [0.2, 0.25) is 0 Å². The highest BCUT2D eigenvalue weighted by atomic mass is 32.2. The number of hydrogen-bond acceptors (Lipinski definition) is 6. The first-order valence-corrected chi connectivity index (χ1v) is 7.36. The second-order valence-corrected chi connectivity index (χ2v) is 5.79. The summed E-state index contributed by atoms with van der Waals surface area (Å²) in [6.07, 6.45) is 0.998. The Morgan fingerprint density at radius 1 is 1.40 bits per heavy atom. The van der Waals surface area contributed by atoms with Crippen molar-refractivity contribution in [1.29, 1.82) is 0 Å². The second kappa shape index (κ2) is 6.30. The minimum Gasteiger partial charge on any atom is -0.393 e. The van der Waals surface area contributed by atoms with Crippen LogP contribution < -0.4 is 15.8 Å². The molecule has 0 aliphatic rings. The van der Waals surface area contributed by atoms with Gasteiger partial charge in [0.25, 0.3) is 11.6 Å². The molecule has 0 aliphatic carbocycles. The normalized spacial score (nSPS) is 11.1. The summed E-state index contributed by atoms with van der Waals surface area (Å²) in [5.74, 6) is -0.552. The van der Waals surface area contributed by atoms with Gasteiger partial charge in [-0.3, -0.25) is 14.9 Å². The molecule has 0 atom stereocenters. The Morgan fingerprint density at radius 2 is 2.05 bits per heavy atom. The van der Waals surface area contributed by atoms with Crippen molar-refractivity contribution in [2.45, 2.75) is 0 Å². The number of carbonyl (C=O) groups is 1. The zero-order valence-electron chi connectivity index (χ0n) is 10.6. The van der Waals surface area contributed by atoms with Crippen LogP contribution in [0.15, 0.2) is 18.2 Å². The Balaban J connectivity index is 2.64. The molecule has 0 saturated heterocycles. The van der Waals surface area contributed by atoms with E-state index in [9.17, 15) is 23.3 Å². The molecule has 10 heteroatoms. The van der Waals surface area contributed by atoms with E-state index in [0.717, 1.165) is 12.3 Å². The Hall–Kier alpha value is -2.20. The molecule has 1 rings (SSSR count). The number of amides is 1. The summed E-state index contributed by atoms with van der Waals surface area (Å²) in [4.78, 5) is 21.7. The average Bonchev–Trinajstić information content (AvgIpc) is 2.33. The van der Waals surface area contributed by atoms with Crippen molar-refractivity contribution < 1.29 is 18.1 Å². The highest BCUT2D eigenvalue weighted by Crippen LogP contribution is 2.22. The van der Waals surface area contributed by atoms with Gasteiger partial charge in [0.2, 0.25) is 10.0 Å². The number of nitrogens with one attached hydrogen (secondary N) is 2. The van der Waals surface area contributed by atoms with E-state index in [1.54, 1.807) is 0 Å². The fourth-order valence-corrected chi connectivity index (χ4v) is 1.83. The third-order valence-electron chi connectivity index (χ3n) is 2.26. The van der Waals surface area contributed by atoms with Crippen molar-refractivity contribution in [3.63, 3.8) is 0 Å². The van der Waals surface area contributed by atoms with Crippen LogP contribution in [-0.4, -0.2) is 38.6 Å². The maximum atomic E-state index is 11.7. The number of sulfonamides is 1. The van der Waals surface area contributed by atoms with Crippen LogP contribution in [0.4, 0.5) is 11.4 Å². The lowest BCUT2D eigenvalue weighted by molar-refractivity contribution is -0.383. The Morgan fingerprint density at radius 3 is 2.60 bits per heavy atom. The van der Waals surface area contributed by atoms with E-state index in [1.807, 2.05) is 0 Å². The standard InChI is InChI=1S/C10H14N4O5S/c1-20(18,19)13-5-4-12-10(15)7-2-3-8(11)9(6-7)14(16)17/h2-3,6,13H,4-5,11H2,1H3,(H,12,15). The van der Waals surface area contributed by atoms with E-state index < -0.39 is 20.9 Å². The Kier molecular flexibility index (Phi) is 5.00. The third-order valence-corrected chi connectivity index (χ3v) is 2.99. The highest BCUT2D eigenvalue weighted by Gasteiger charge is 2.15. The van der Waals surface area contributed by atoms with Crippen molar-refractivity contribution >= 4 is 27.3 Å². The smallest absolute Gasteiger partial charge is 0.292 e. The highest BCUT2D eigenvalue weighted by molar-refractivity contribution is 7.88. The molecule has 1 aromatic carbocycles. The number of benzene rings is 1. The minimum absolute atomic E-state index is 0.0294. The molecule has 0 heterocycles. The predicted octanol–water partition coefficient (Wildman–Crippen LogP) is -0.544. The number of carbonyl (C=O) groups excluding carboxylic acids is 1. The van der Waals surface area contributed by atoms with Gasteiger partial charge in [-0.2, -0.15) is 0 Å². The van der Waals surface area contributed by atoms with Crippen LogP contribution in [0.3, 0.4) is 0 Å². The predicted molar refractivity (Wildman–Crippen MR) is 72.7 cm³/mol. The average molecular weight is 302 g/mol. The van der Waals surface area contributed by atoms with Crippen molar-refractivity contribution in [3.05, 3.63) is 33.9 Å². The molecule has 110 valence electrons. The van der Waals surface area contributed by atoms with E-state index in [2.05, 4.69) is 10.0 Å². The number of nitrogen functional groups attached to an aromatic ring is 1. The quantitative estimate of drug-likeness (QED) is 0.278. The molecule has 0 spiro atoms. The van der Waals surface area contributed by atoms with Gasteiger partial charge < -0.3 is 11.1 Å². The first-order chi connectivity index (χ1) is 9.20. The monoisotopic (exact) mass is 302 g/mol. The topological polar surface area (TPSA) is 144 Å². The summed E-state index contributed by atoms with van der Waals surface area (Å²) in [5, 5.41) is 13.1. The molecule has 0 unspecified atom stereocenters. The first kappa shape index (κ1) is 15.9. The van der Waals surface area contributed by atoms with Gasteiger partial charge in [0.1, 0.15) is 5.69 Å².